The number of anilines is 1. The number of halogens is 2. The van der Waals surface area contributed by atoms with Crippen LogP contribution >= 0.6 is 15.9 Å². The van der Waals surface area contributed by atoms with E-state index in [9.17, 15) is 23.4 Å². The lowest BCUT2D eigenvalue weighted by atomic mass is 9.92. The normalized spacial score (nSPS) is 15.9. The van der Waals surface area contributed by atoms with E-state index in [0.29, 0.717) is 42.2 Å². The van der Waals surface area contributed by atoms with E-state index in [4.69, 9.17) is 0 Å². The Morgan fingerprint density at radius 2 is 1.94 bits per heavy atom. The van der Waals surface area contributed by atoms with Crippen molar-refractivity contribution < 1.29 is 23.4 Å². The van der Waals surface area contributed by atoms with E-state index < -0.39 is 22.5 Å². The highest BCUT2D eigenvalue weighted by atomic mass is 79.9. The number of ketones is 1. The van der Waals surface area contributed by atoms with E-state index in [1.165, 1.54) is 18.2 Å². The second-order valence-electron chi connectivity index (χ2n) is 7.21. The molecule has 1 fully saturated rings. The molecule has 0 saturated carbocycles. The summed E-state index contributed by atoms with van der Waals surface area (Å²) in [5, 5.41) is 12.2. The number of hydrogen-bond donors (Lipinski definition) is 3. The largest absolute Gasteiger partial charge is 0.324 e. The number of aliphatic imine (C=N–C) groups is 1. The van der Waals surface area contributed by atoms with Gasteiger partial charge in [-0.2, -0.15) is 0 Å². The zero-order chi connectivity index (χ0) is 23.3. The predicted molar refractivity (Wildman–Crippen MR) is 123 cm³/mol. The molecule has 2 aromatic carbocycles. The minimum Gasteiger partial charge on any atom is -0.324 e. The molecule has 3 rings (SSSR count). The number of carbonyl (C=O) groups is 2. The Kier molecular flexibility index (Phi) is 8.10. The third-order valence-electron chi connectivity index (χ3n) is 5.05. The van der Waals surface area contributed by atoms with Gasteiger partial charge in [0.2, 0.25) is 5.78 Å². The van der Waals surface area contributed by atoms with Crippen LogP contribution in [0.4, 0.5) is 20.6 Å². The number of rotatable bonds is 5. The number of amides is 2. The fraction of sp³-hybridized carbons (Fsp3) is 0.286. The molecular weight excluding hydrogens is 503 g/mol. The number of piperidine rings is 1. The van der Waals surface area contributed by atoms with Crippen LogP contribution in [-0.2, 0) is 15.6 Å². The van der Waals surface area contributed by atoms with Crippen LogP contribution in [0.1, 0.15) is 12.8 Å². The number of Topliss-reactive ketones (excluding diaryl/α,β-unsaturated/α-hetero) is 1. The van der Waals surface area contributed by atoms with Crippen molar-refractivity contribution in [1.29, 1.82) is 0 Å². The minimum absolute atomic E-state index is 0.193. The first-order valence-electron chi connectivity index (χ1n) is 9.76. The van der Waals surface area contributed by atoms with Gasteiger partial charge in [-0.15, -0.1) is 0 Å². The molecule has 1 atom stereocenters. The highest BCUT2D eigenvalue weighted by molar-refractivity contribution is 9.10. The summed E-state index contributed by atoms with van der Waals surface area (Å²) in [7, 11) is -1.15. The Morgan fingerprint density at radius 3 is 2.56 bits per heavy atom. The van der Waals surface area contributed by atoms with Crippen LogP contribution in [0.3, 0.4) is 0 Å². The monoisotopic (exact) mass is 524 g/mol. The van der Waals surface area contributed by atoms with Crippen molar-refractivity contribution in [2.45, 2.75) is 17.7 Å². The molecular formula is C21H22BrFN4O4S. The van der Waals surface area contributed by atoms with Crippen molar-refractivity contribution >= 4 is 55.8 Å². The summed E-state index contributed by atoms with van der Waals surface area (Å²) in [5.41, 5.74) is 2.68. The fourth-order valence-corrected chi connectivity index (χ4v) is 4.24. The molecule has 2 aromatic rings. The SMILES string of the molecule is CS(=O)c1cccc(NC(=O)N2CCC(C(=O)C(=Nc3ccc(F)c(Br)c3)NO)CC2)c1. The first-order chi connectivity index (χ1) is 15.3. The minimum atomic E-state index is -1.15. The Balaban J connectivity index is 1.60. The molecule has 1 unspecified atom stereocenters. The summed E-state index contributed by atoms with van der Waals surface area (Å²) in [6.07, 6.45) is 2.37. The summed E-state index contributed by atoms with van der Waals surface area (Å²) < 4.78 is 25.2. The van der Waals surface area contributed by atoms with Crippen molar-refractivity contribution in [3.8, 4) is 0 Å². The van der Waals surface area contributed by atoms with Gasteiger partial charge >= 0.3 is 6.03 Å². The maximum atomic E-state index is 13.4. The topological polar surface area (TPSA) is 111 Å². The zero-order valence-corrected chi connectivity index (χ0v) is 19.6. The van der Waals surface area contributed by atoms with Crippen LogP contribution in [0.25, 0.3) is 0 Å². The van der Waals surface area contributed by atoms with E-state index in [1.807, 2.05) is 5.48 Å². The predicted octanol–water partition coefficient (Wildman–Crippen LogP) is 3.85. The summed E-state index contributed by atoms with van der Waals surface area (Å²) in [4.78, 5) is 31.6. The third kappa shape index (κ3) is 5.99. The molecule has 1 saturated heterocycles. The Bertz CT molecular complexity index is 1070. The van der Waals surface area contributed by atoms with E-state index >= 15 is 0 Å². The van der Waals surface area contributed by atoms with Gasteiger partial charge in [-0.05, 0) is 65.2 Å². The van der Waals surface area contributed by atoms with Crippen LogP contribution in [0.2, 0.25) is 0 Å². The molecule has 2 amide bonds. The lowest BCUT2D eigenvalue weighted by Crippen LogP contribution is -2.44. The standard InChI is InChI=1S/C21H22BrFN4O4S/c1-32(31)16-4-2-3-14(11-16)25-21(29)27-9-7-13(8-10-27)19(28)20(26-30)24-15-5-6-18(23)17(22)12-15/h2-6,11-13,30H,7-10H2,1H3,(H,24,26)(H,25,29). The van der Waals surface area contributed by atoms with Crippen LogP contribution in [0, 0.1) is 11.7 Å². The summed E-state index contributed by atoms with van der Waals surface area (Å²) >= 11 is 3.06. The first-order valence-corrected chi connectivity index (χ1v) is 12.1. The summed E-state index contributed by atoms with van der Waals surface area (Å²) in [5.74, 6) is -1.51. The van der Waals surface area contributed by atoms with Crippen molar-refractivity contribution in [3.63, 3.8) is 0 Å². The number of urea groups is 1. The average Bonchev–Trinajstić information content (AvgIpc) is 2.79. The zero-order valence-electron chi connectivity index (χ0n) is 17.2. The number of likely N-dealkylation sites (tertiary alicyclic amines) is 1. The highest BCUT2D eigenvalue weighted by Gasteiger charge is 2.30. The van der Waals surface area contributed by atoms with Crippen molar-refractivity contribution in [3.05, 3.63) is 52.8 Å². The van der Waals surface area contributed by atoms with Gasteiger partial charge in [0, 0.05) is 46.6 Å². The molecule has 0 radical (unpaired) electrons. The summed E-state index contributed by atoms with van der Waals surface area (Å²) in [6, 6.07) is 10.5. The smallest absolute Gasteiger partial charge is 0.321 e. The number of hydrogen-bond acceptors (Lipinski definition) is 5. The highest BCUT2D eigenvalue weighted by Crippen LogP contribution is 2.24. The van der Waals surface area contributed by atoms with Gasteiger partial charge < -0.3 is 10.2 Å². The molecule has 3 N–H and O–H groups in total. The van der Waals surface area contributed by atoms with Gasteiger partial charge in [-0.1, -0.05) is 6.07 Å². The van der Waals surface area contributed by atoms with Gasteiger partial charge in [0.05, 0.1) is 10.2 Å². The van der Waals surface area contributed by atoms with Crippen molar-refractivity contribution in [2.24, 2.45) is 10.9 Å². The van der Waals surface area contributed by atoms with Gasteiger partial charge in [-0.3, -0.25) is 14.2 Å². The Hall–Kier alpha value is -2.63. The molecule has 0 spiro atoms. The number of benzene rings is 2. The fourth-order valence-electron chi connectivity index (χ4n) is 3.31. The van der Waals surface area contributed by atoms with Crippen LogP contribution in [0.15, 0.2) is 56.8 Å². The number of nitrogens with zero attached hydrogens (tertiary/aromatic N) is 2. The van der Waals surface area contributed by atoms with E-state index in [1.54, 1.807) is 35.4 Å². The van der Waals surface area contributed by atoms with E-state index in [-0.39, 0.29) is 22.1 Å². The van der Waals surface area contributed by atoms with Gasteiger partial charge in [-0.25, -0.2) is 19.7 Å². The first kappa shape index (κ1) is 24.0. The van der Waals surface area contributed by atoms with Crippen molar-refractivity contribution in [1.82, 2.24) is 10.4 Å². The molecule has 1 heterocycles. The molecule has 0 bridgehead atoms. The molecule has 170 valence electrons. The average molecular weight is 525 g/mol. The van der Waals surface area contributed by atoms with E-state index in [2.05, 4.69) is 26.2 Å². The quantitative estimate of drug-likeness (QED) is 0.312. The second-order valence-corrected chi connectivity index (χ2v) is 9.44. The maximum absolute atomic E-state index is 13.4. The Morgan fingerprint density at radius 1 is 1.22 bits per heavy atom. The number of carbonyl (C=O) groups excluding carboxylic acids is 2. The van der Waals surface area contributed by atoms with Crippen molar-refractivity contribution in [2.75, 3.05) is 24.7 Å². The van der Waals surface area contributed by atoms with E-state index in [0.717, 1.165) is 0 Å². The lowest BCUT2D eigenvalue weighted by molar-refractivity contribution is -0.118. The summed E-state index contributed by atoms with van der Waals surface area (Å²) in [6.45, 7) is 0.699. The number of hydroxylamine groups is 1. The van der Waals surface area contributed by atoms with Crippen LogP contribution < -0.4 is 10.8 Å². The molecule has 8 nitrogen and oxygen atoms in total. The second kappa shape index (κ2) is 10.8. The molecule has 32 heavy (non-hydrogen) atoms. The lowest BCUT2D eigenvalue weighted by Gasteiger charge is -2.31. The molecule has 0 aliphatic carbocycles. The molecule has 11 heteroatoms. The third-order valence-corrected chi connectivity index (χ3v) is 6.58. The Labute approximate surface area is 195 Å². The van der Waals surface area contributed by atoms with Gasteiger partial charge in [0.25, 0.3) is 0 Å². The molecule has 1 aliphatic heterocycles. The number of nitrogens with one attached hydrogen (secondary N) is 2. The van der Waals surface area contributed by atoms with Gasteiger partial charge in [0.1, 0.15) is 5.82 Å². The van der Waals surface area contributed by atoms with Crippen LogP contribution in [0.5, 0.6) is 0 Å². The number of amidine groups is 1. The van der Waals surface area contributed by atoms with Crippen LogP contribution in [-0.4, -0.2) is 51.3 Å². The maximum Gasteiger partial charge on any atom is 0.321 e. The molecule has 1 aliphatic rings. The van der Waals surface area contributed by atoms with Gasteiger partial charge in [0.15, 0.2) is 5.84 Å². The molecule has 0 aromatic heterocycles.